The minimum Gasteiger partial charge on any atom is -0.310 e. The molecule has 1 heterocycles. The lowest BCUT2D eigenvalue weighted by molar-refractivity contribution is 0.597. The minimum absolute atomic E-state index is 0.327. The van der Waals surface area contributed by atoms with Crippen molar-refractivity contribution in [3.05, 3.63) is 52.5 Å². The van der Waals surface area contributed by atoms with Gasteiger partial charge in [-0.25, -0.2) is 4.68 Å². The van der Waals surface area contributed by atoms with Crippen LogP contribution in [0.2, 0.25) is 0 Å². The van der Waals surface area contributed by atoms with Gasteiger partial charge in [0.2, 0.25) is 0 Å². The molecule has 21 heavy (non-hydrogen) atoms. The Balaban J connectivity index is 2.03. The van der Waals surface area contributed by atoms with E-state index < -0.39 is 0 Å². The number of halogens is 1. The van der Waals surface area contributed by atoms with Gasteiger partial charge in [-0.2, -0.15) is 0 Å². The van der Waals surface area contributed by atoms with Crippen LogP contribution in [-0.4, -0.2) is 21.5 Å². The maximum Gasteiger partial charge on any atom is 0.113 e. The van der Waals surface area contributed by atoms with Gasteiger partial charge in [-0.15, -0.1) is 5.10 Å². The van der Waals surface area contributed by atoms with Crippen molar-refractivity contribution in [3.63, 3.8) is 0 Å². The van der Waals surface area contributed by atoms with Gasteiger partial charge in [0.1, 0.15) is 5.52 Å². The van der Waals surface area contributed by atoms with Crippen LogP contribution in [0.25, 0.3) is 16.7 Å². The Bertz CT molecular complexity index is 766. The SMILES string of the molecule is CCNC(C)c1ccc(-n2nnc3ccccc32)c(Br)c1. The molecule has 3 rings (SSSR count). The van der Waals surface area contributed by atoms with Crippen molar-refractivity contribution in [1.82, 2.24) is 20.3 Å². The highest BCUT2D eigenvalue weighted by atomic mass is 79.9. The number of fused-ring (bicyclic) bond motifs is 1. The predicted octanol–water partition coefficient (Wildman–Crippen LogP) is 3.85. The third kappa shape index (κ3) is 2.71. The fourth-order valence-electron chi connectivity index (χ4n) is 2.44. The largest absolute Gasteiger partial charge is 0.310 e. The van der Waals surface area contributed by atoms with E-state index in [2.05, 4.69) is 63.6 Å². The number of para-hydroxylation sites is 1. The summed E-state index contributed by atoms with van der Waals surface area (Å²) in [5, 5.41) is 11.9. The first-order valence-corrected chi connectivity index (χ1v) is 7.83. The molecule has 1 aromatic heterocycles. The van der Waals surface area contributed by atoms with Gasteiger partial charge >= 0.3 is 0 Å². The van der Waals surface area contributed by atoms with Crippen molar-refractivity contribution in [2.45, 2.75) is 19.9 Å². The van der Waals surface area contributed by atoms with E-state index >= 15 is 0 Å². The van der Waals surface area contributed by atoms with Crippen LogP contribution in [0.5, 0.6) is 0 Å². The van der Waals surface area contributed by atoms with Crippen molar-refractivity contribution >= 4 is 27.0 Å². The molecule has 0 aliphatic rings. The fourth-order valence-corrected chi connectivity index (χ4v) is 3.00. The Morgan fingerprint density at radius 3 is 2.81 bits per heavy atom. The van der Waals surface area contributed by atoms with E-state index in [1.165, 1.54) is 5.56 Å². The Morgan fingerprint density at radius 1 is 1.24 bits per heavy atom. The van der Waals surface area contributed by atoms with Crippen LogP contribution in [0.4, 0.5) is 0 Å². The Kier molecular flexibility index (Phi) is 4.03. The summed E-state index contributed by atoms with van der Waals surface area (Å²) >= 11 is 3.66. The monoisotopic (exact) mass is 344 g/mol. The van der Waals surface area contributed by atoms with Crippen LogP contribution >= 0.6 is 15.9 Å². The van der Waals surface area contributed by atoms with Gasteiger partial charge < -0.3 is 5.32 Å². The molecule has 0 saturated carbocycles. The smallest absolute Gasteiger partial charge is 0.113 e. The van der Waals surface area contributed by atoms with Crippen molar-refractivity contribution in [1.29, 1.82) is 0 Å². The van der Waals surface area contributed by atoms with Gasteiger partial charge in [0.25, 0.3) is 0 Å². The molecule has 3 aromatic rings. The highest BCUT2D eigenvalue weighted by molar-refractivity contribution is 9.10. The maximum atomic E-state index is 4.26. The van der Waals surface area contributed by atoms with E-state index in [0.717, 1.165) is 27.7 Å². The summed E-state index contributed by atoms with van der Waals surface area (Å²) in [6, 6.07) is 14.6. The fraction of sp³-hybridized carbons (Fsp3) is 0.250. The summed E-state index contributed by atoms with van der Waals surface area (Å²) in [7, 11) is 0. The van der Waals surface area contributed by atoms with E-state index in [4.69, 9.17) is 0 Å². The van der Waals surface area contributed by atoms with Crippen molar-refractivity contribution in [3.8, 4) is 5.69 Å². The van der Waals surface area contributed by atoms with E-state index in [-0.39, 0.29) is 0 Å². The second-order valence-electron chi connectivity index (χ2n) is 4.98. The summed E-state index contributed by atoms with van der Waals surface area (Å²) in [4.78, 5) is 0. The standard InChI is InChI=1S/C16H17BrN4/c1-3-18-11(2)12-8-9-15(13(17)10-12)21-16-7-5-4-6-14(16)19-20-21/h4-11,18H,3H2,1-2H3. The van der Waals surface area contributed by atoms with Crippen LogP contribution in [-0.2, 0) is 0 Å². The van der Waals surface area contributed by atoms with Gasteiger partial charge in [0, 0.05) is 10.5 Å². The van der Waals surface area contributed by atoms with Crippen molar-refractivity contribution < 1.29 is 0 Å². The molecule has 0 fully saturated rings. The first kappa shape index (κ1) is 14.2. The minimum atomic E-state index is 0.327. The Morgan fingerprint density at radius 2 is 2.05 bits per heavy atom. The van der Waals surface area contributed by atoms with Gasteiger partial charge in [-0.3, -0.25) is 0 Å². The molecule has 0 amide bonds. The zero-order valence-corrected chi connectivity index (χ0v) is 13.6. The number of nitrogens with one attached hydrogen (secondary N) is 1. The predicted molar refractivity (Wildman–Crippen MR) is 88.7 cm³/mol. The third-order valence-electron chi connectivity index (χ3n) is 3.56. The molecule has 108 valence electrons. The molecule has 4 nitrogen and oxygen atoms in total. The molecular formula is C16H17BrN4. The maximum absolute atomic E-state index is 4.26. The Hall–Kier alpha value is -1.72. The van der Waals surface area contributed by atoms with Crippen molar-refractivity contribution in [2.75, 3.05) is 6.54 Å². The molecule has 5 heteroatoms. The summed E-state index contributed by atoms with van der Waals surface area (Å²) in [5.74, 6) is 0. The van der Waals surface area contributed by atoms with Gasteiger partial charge in [0.05, 0.1) is 11.2 Å². The molecule has 1 unspecified atom stereocenters. The molecule has 1 N–H and O–H groups in total. The topological polar surface area (TPSA) is 42.7 Å². The second-order valence-corrected chi connectivity index (χ2v) is 5.83. The summed E-state index contributed by atoms with van der Waals surface area (Å²) in [5.41, 5.74) is 4.15. The number of hydrogen-bond donors (Lipinski definition) is 1. The molecule has 1 atom stereocenters. The molecule has 0 spiro atoms. The van der Waals surface area contributed by atoms with E-state index in [1.807, 2.05) is 28.9 Å². The average Bonchev–Trinajstić information content (AvgIpc) is 2.91. The first-order valence-electron chi connectivity index (χ1n) is 7.04. The number of nitrogens with zero attached hydrogens (tertiary/aromatic N) is 3. The van der Waals surface area contributed by atoms with Crippen LogP contribution < -0.4 is 5.32 Å². The summed E-state index contributed by atoms with van der Waals surface area (Å²) in [6.07, 6.45) is 0. The zero-order chi connectivity index (χ0) is 14.8. The molecule has 0 radical (unpaired) electrons. The van der Waals surface area contributed by atoms with E-state index in [1.54, 1.807) is 0 Å². The molecule has 0 aliphatic carbocycles. The molecule has 0 aliphatic heterocycles. The van der Waals surface area contributed by atoms with Crippen LogP contribution in [0.15, 0.2) is 46.9 Å². The van der Waals surface area contributed by atoms with Crippen molar-refractivity contribution in [2.24, 2.45) is 0 Å². The second kappa shape index (κ2) is 5.95. The quantitative estimate of drug-likeness (QED) is 0.781. The Labute approximate surface area is 132 Å². The van der Waals surface area contributed by atoms with Crippen LogP contribution in [0, 0.1) is 0 Å². The van der Waals surface area contributed by atoms with Crippen LogP contribution in [0.3, 0.4) is 0 Å². The molecule has 0 bridgehead atoms. The normalized spacial score (nSPS) is 12.7. The molecular weight excluding hydrogens is 328 g/mol. The first-order chi connectivity index (χ1) is 10.2. The lowest BCUT2D eigenvalue weighted by atomic mass is 10.1. The number of rotatable bonds is 4. The lowest BCUT2D eigenvalue weighted by Gasteiger charge is -2.14. The van der Waals surface area contributed by atoms with E-state index in [9.17, 15) is 0 Å². The number of aromatic nitrogens is 3. The average molecular weight is 345 g/mol. The zero-order valence-electron chi connectivity index (χ0n) is 12.0. The summed E-state index contributed by atoms with van der Waals surface area (Å²) in [6.45, 7) is 5.23. The van der Waals surface area contributed by atoms with E-state index in [0.29, 0.717) is 6.04 Å². The van der Waals surface area contributed by atoms with Crippen LogP contribution in [0.1, 0.15) is 25.5 Å². The third-order valence-corrected chi connectivity index (χ3v) is 4.20. The number of hydrogen-bond acceptors (Lipinski definition) is 3. The van der Waals surface area contributed by atoms with Gasteiger partial charge in [0.15, 0.2) is 0 Å². The molecule has 2 aromatic carbocycles. The number of benzene rings is 2. The lowest BCUT2D eigenvalue weighted by Crippen LogP contribution is -2.17. The highest BCUT2D eigenvalue weighted by Gasteiger charge is 2.11. The van der Waals surface area contributed by atoms with Gasteiger partial charge in [-0.1, -0.05) is 30.3 Å². The molecule has 0 saturated heterocycles. The summed E-state index contributed by atoms with van der Waals surface area (Å²) < 4.78 is 2.88. The van der Waals surface area contributed by atoms with Gasteiger partial charge in [-0.05, 0) is 59.2 Å². The highest BCUT2D eigenvalue weighted by Crippen LogP contribution is 2.27.